The van der Waals surface area contributed by atoms with Crippen molar-refractivity contribution < 1.29 is 9.53 Å². The first-order valence-corrected chi connectivity index (χ1v) is 5.47. The van der Waals surface area contributed by atoms with Crippen molar-refractivity contribution in [1.82, 2.24) is 15.2 Å². The van der Waals surface area contributed by atoms with Gasteiger partial charge in [0.15, 0.2) is 0 Å². The van der Waals surface area contributed by atoms with Gasteiger partial charge in [-0.3, -0.25) is 4.79 Å². The van der Waals surface area contributed by atoms with Crippen LogP contribution in [-0.2, 0) is 9.53 Å². The summed E-state index contributed by atoms with van der Waals surface area (Å²) in [6, 6.07) is 0.0954. The van der Waals surface area contributed by atoms with Gasteiger partial charge >= 0.3 is 5.97 Å². The maximum atomic E-state index is 11.3. The van der Waals surface area contributed by atoms with Gasteiger partial charge in [-0.15, -0.1) is 5.10 Å². The first-order chi connectivity index (χ1) is 7.95. The fourth-order valence-corrected chi connectivity index (χ4v) is 1.25. The van der Waals surface area contributed by atoms with Crippen LogP contribution >= 0.6 is 0 Å². The van der Waals surface area contributed by atoms with Crippen LogP contribution in [0.4, 0.5) is 5.95 Å². The minimum atomic E-state index is -0.319. The molecule has 0 aliphatic rings. The van der Waals surface area contributed by atoms with Crippen molar-refractivity contribution in [1.29, 1.82) is 0 Å². The number of anilines is 1. The number of methoxy groups -OCH3 is 1. The van der Waals surface area contributed by atoms with Gasteiger partial charge in [0.05, 0.1) is 18.5 Å². The van der Waals surface area contributed by atoms with Gasteiger partial charge in [0, 0.05) is 6.04 Å². The second kappa shape index (κ2) is 5.56. The Balaban J connectivity index is 2.97. The molecule has 0 saturated carbocycles. The van der Waals surface area contributed by atoms with Gasteiger partial charge in [-0.05, 0) is 27.7 Å². The van der Waals surface area contributed by atoms with Crippen LogP contribution in [0.1, 0.15) is 25.2 Å². The maximum absolute atomic E-state index is 11.3. The zero-order valence-corrected chi connectivity index (χ0v) is 10.9. The number of nitrogens with zero attached hydrogens (tertiary/aromatic N) is 4. The number of hydrogen-bond acceptors (Lipinski definition) is 6. The highest BCUT2D eigenvalue weighted by Gasteiger charge is 2.18. The number of carbonyl (C=O) groups excluding carboxylic acids is 1. The predicted octanol–water partition coefficient (Wildman–Crippen LogP) is 0.876. The SMILES string of the molecule is COC(=O)CN(c1nnc(C)c(C)n1)C(C)C. The zero-order valence-electron chi connectivity index (χ0n) is 10.9. The topological polar surface area (TPSA) is 68.2 Å². The van der Waals surface area contributed by atoms with Crippen LogP contribution in [0.5, 0.6) is 0 Å². The molecule has 0 aliphatic carbocycles. The lowest BCUT2D eigenvalue weighted by molar-refractivity contribution is -0.139. The lowest BCUT2D eigenvalue weighted by Gasteiger charge is -2.25. The number of carbonyl (C=O) groups is 1. The van der Waals surface area contributed by atoms with Crippen molar-refractivity contribution in [3.63, 3.8) is 0 Å². The van der Waals surface area contributed by atoms with Gasteiger partial charge in [0.2, 0.25) is 5.95 Å². The lowest BCUT2D eigenvalue weighted by atomic mass is 10.3. The van der Waals surface area contributed by atoms with Crippen LogP contribution in [-0.4, -0.2) is 40.8 Å². The van der Waals surface area contributed by atoms with E-state index in [1.165, 1.54) is 7.11 Å². The lowest BCUT2D eigenvalue weighted by Crippen LogP contribution is -2.37. The molecule has 0 aliphatic heterocycles. The van der Waals surface area contributed by atoms with E-state index < -0.39 is 0 Å². The third-order valence-electron chi connectivity index (χ3n) is 2.49. The largest absolute Gasteiger partial charge is 0.468 e. The summed E-state index contributed by atoms with van der Waals surface area (Å²) in [5.41, 5.74) is 1.60. The summed E-state index contributed by atoms with van der Waals surface area (Å²) in [5, 5.41) is 8.01. The highest BCUT2D eigenvalue weighted by Crippen LogP contribution is 2.11. The summed E-state index contributed by atoms with van der Waals surface area (Å²) < 4.78 is 4.65. The molecule has 0 radical (unpaired) electrons. The molecule has 0 bridgehead atoms. The number of esters is 1. The van der Waals surface area contributed by atoms with Crippen molar-refractivity contribution in [2.24, 2.45) is 0 Å². The minimum Gasteiger partial charge on any atom is -0.468 e. The molecule has 1 rings (SSSR count). The molecular weight excluding hydrogens is 220 g/mol. The van der Waals surface area contributed by atoms with E-state index in [-0.39, 0.29) is 18.6 Å². The van der Waals surface area contributed by atoms with E-state index in [4.69, 9.17) is 0 Å². The smallest absolute Gasteiger partial charge is 0.325 e. The summed E-state index contributed by atoms with van der Waals surface area (Å²) >= 11 is 0. The summed E-state index contributed by atoms with van der Waals surface area (Å²) in [5.74, 6) is 0.133. The average Bonchev–Trinajstić information content (AvgIpc) is 2.29. The molecule has 6 nitrogen and oxygen atoms in total. The van der Waals surface area contributed by atoms with Gasteiger partial charge < -0.3 is 9.64 Å². The quantitative estimate of drug-likeness (QED) is 0.725. The van der Waals surface area contributed by atoms with Crippen LogP contribution in [0.3, 0.4) is 0 Å². The van der Waals surface area contributed by atoms with Crippen molar-refractivity contribution in [2.75, 3.05) is 18.6 Å². The monoisotopic (exact) mass is 238 g/mol. The number of hydrogen-bond donors (Lipinski definition) is 0. The van der Waals surface area contributed by atoms with Gasteiger partial charge in [0.1, 0.15) is 6.54 Å². The highest BCUT2D eigenvalue weighted by molar-refractivity contribution is 5.74. The number of rotatable bonds is 4. The Kier molecular flexibility index (Phi) is 4.37. The predicted molar refractivity (Wildman–Crippen MR) is 63.8 cm³/mol. The molecule has 0 N–H and O–H groups in total. The van der Waals surface area contributed by atoms with Gasteiger partial charge in [0.25, 0.3) is 0 Å². The molecule has 0 atom stereocenters. The van der Waals surface area contributed by atoms with Gasteiger partial charge in [-0.2, -0.15) is 5.10 Å². The average molecular weight is 238 g/mol. The molecule has 0 unspecified atom stereocenters. The zero-order chi connectivity index (χ0) is 13.0. The number of ether oxygens (including phenoxy) is 1. The van der Waals surface area contributed by atoms with E-state index >= 15 is 0 Å². The molecule has 0 saturated heterocycles. The second-order valence-electron chi connectivity index (χ2n) is 4.08. The molecule has 0 spiro atoms. The summed E-state index contributed by atoms with van der Waals surface area (Å²) in [7, 11) is 1.36. The molecule has 0 aromatic carbocycles. The summed E-state index contributed by atoms with van der Waals surface area (Å²) in [6.07, 6.45) is 0. The standard InChI is InChI=1S/C11H18N4O2/c1-7(2)15(6-10(16)17-5)11-12-8(3)9(4)13-14-11/h7H,6H2,1-5H3. The Morgan fingerprint density at radius 3 is 2.41 bits per heavy atom. The molecule has 1 aromatic rings. The molecule has 94 valence electrons. The summed E-state index contributed by atoms with van der Waals surface area (Å²) in [4.78, 5) is 17.4. The molecule has 17 heavy (non-hydrogen) atoms. The summed E-state index contributed by atoms with van der Waals surface area (Å²) in [6.45, 7) is 7.75. The van der Waals surface area contributed by atoms with Crippen molar-refractivity contribution >= 4 is 11.9 Å². The Morgan fingerprint density at radius 2 is 1.94 bits per heavy atom. The molecular formula is C11H18N4O2. The molecule has 0 amide bonds. The van der Waals surface area contributed by atoms with E-state index in [0.717, 1.165) is 11.4 Å². The highest BCUT2D eigenvalue weighted by atomic mass is 16.5. The van der Waals surface area contributed by atoms with E-state index in [0.29, 0.717) is 5.95 Å². The van der Waals surface area contributed by atoms with Crippen LogP contribution < -0.4 is 4.90 Å². The molecule has 6 heteroatoms. The van der Waals surface area contributed by atoms with Crippen LogP contribution in [0.25, 0.3) is 0 Å². The maximum Gasteiger partial charge on any atom is 0.325 e. The Morgan fingerprint density at radius 1 is 1.29 bits per heavy atom. The Labute approximate surface area is 101 Å². The van der Waals surface area contributed by atoms with Crippen LogP contribution in [0, 0.1) is 13.8 Å². The normalized spacial score (nSPS) is 10.5. The molecule has 0 fully saturated rings. The fraction of sp³-hybridized carbons (Fsp3) is 0.636. The first-order valence-electron chi connectivity index (χ1n) is 5.47. The Bertz CT molecular complexity index is 406. The fourth-order valence-electron chi connectivity index (χ4n) is 1.25. The minimum absolute atomic E-state index is 0.0954. The van der Waals surface area contributed by atoms with E-state index in [9.17, 15) is 4.79 Å². The second-order valence-corrected chi connectivity index (χ2v) is 4.08. The van der Waals surface area contributed by atoms with Gasteiger partial charge in [-0.25, -0.2) is 4.98 Å². The van der Waals surface area contributed by atoms with E-state index in [1.807, 2.05) is 27.7 Å². The molecule has 1 aromatic heterocycles. The Hall–Kier alpha value is -1.72. The van der Waals surface area contributed by atoms with Crippen LogP contribution in [0.2, 0.25) is 0 Å². The third kappa shape index (κ3) is 3.37. The number of aryl methyl sites for hydroxylation is 2. The van der Waals surface area contributed by atoms with Crippen molar-refractivity contribution in [2.45, 2.75) is 33.7 Å². The van der Waals surface area contributed by atoms with Crippen LogP contribution in [0.15, 0.2) is 0 Å². The van der Waals surface area contributed by atoms with Crippen molar-refractivity contribution in [3.05, 3.63) is 11.4 Å². The van der Waals surface area contributed by atoms with E-state index in [1.54, 1.807) is 4.90 Å². The molecule has 1 heterocycles. The first kappa shape index (κ1) is 13.3. The van der Waals surface area contributed by atoms with Crippen molar-refractivity contribution in [3.8, 4) is 0 Å². The number of aromatic nitrogens is 3. The van der Waals surface area contributed by atoms with Gasteiger partial charge in [-0.1, -0.05) is 0 Å². The van der Waals surface area contributed by atoms with E-state index in [2.05, 4.69) is 19.9 Å². The third-order valence-corrected chi connectivity index (χ3v) is 2.49.